The number of hydrogen-bond donors (Lipinski definition) is 2. The molecule has 4 nitrogen and oxygen atoms in total. The van der Waals surface area contributed by atoms with Crippen molar-refractivity contribution in [1.29, 1.82) is 0 Å². The zero-order valence-corrected chi connectivity index (χ0v) is 12.0. The van der Waals surface area contributed by atoms with Crippen LogP contribution in [0.2, 0.25) is 5.15 Å². The molecule has 1 aromatic heterocycles. The van der Waals surface area contributed by atoms with Gasteiger partial charge in [0.2, 0.25) is 0 Å². The number of anilines is 1. The highest BCUT2D eigenvalue weighted by atomic mass is 35.5. The smallest absolute Gasteiger partial charge is 0.190 e. The van der Waals surface area contributed by atoms with Crippen molar-refractivity contribution in [2.24, 2.45) is 0 Å². The van der Waals surface area contributed by atoms with Crippen molar-refractivity contribution in [3.05, 3.63) is 11.2 Å². The number of thioether (sulfide) groups is 1. The number of aromatic nitrogens is 2. The molecule has 1 fully saturated rings. The second-order valence-electron chi connectivity index (χ2n) is 3.75. The Morgan fingerprint density at radius 2 is 2.35 bits per heavy atom. The first-order chi connectivity index (χ1) is 7.78. The van der Waals surface area contributed by atoms with E-state index < -0.39 is 0 Å². The molecule has 2 rings (SSSR count). The van der Waals surface area contributed by atoms with E-state index in [9.17, 15) is 0 Å². The molecule has 1 aromatic rings. The molecule has 0 bridgehead atoms. The van der Waals surface area contributed by atoms with Crippen molar-refractivity contribution in [3.8, 4) is 0 Å². The van der Waals surface area contributed by atoms with Crippen molar-refractivity contribution in [1.82, 2.24) is 15.3 Å². The molecule has 2 heterocycles. The first-order valence-electron chi connectivity index (χ1n) is 5.34. The molecule has 0 amide bonds. The van der Waals surface area contributed by atoms with Gasteiger partial charge in [-0.2, -0.15) is 0 Å². The summed E-state index contributed by atoms with van der Waals surface area (Å²) in [4.78, 5) is 8.48. The molecule has 2 N–H and O–H groups in total. The summed E-state index contributed by atoms with van der Waals surface area (Å²) in [5.74, 6) is 0.818. The molecule has 0 aromatic carbocycles. The number of piperidine rings is 1. The van der Waals surface area contributed by atoms with Crippen molar-refractivity contribution in [2.45, 2.75) is 24.0 Å². The minimum absolute atomic E-state index is 0. The molecule has 0 spiro atoms. The molecule has 96 valence electrons. The third kappa shape index (κ3) is 4.50. The minimum Gasteiger partial charge on any atom is -0.366 e. The van der Waals surface area contributed by atoms with Gasteiger partial charge in [-0.15, -0.1) is 12.4 Å². The van der Waals surface area contributed by atoms with Gasteiger partial charge >= 0.3 is 0 Å². The molecule has 1 aliphatic rings. The van der Waals surface area contributed by atoms with Gasteiger partial charge in [0, 0.05) is 18.7 Å². The van der Waals surface area contributed by atoms with E-state index in [1.54, 1.807) is 6.07 Å². The molecule has 0 saturated carbocycles. The van der Waals surface area contributed by atoms with Crippen molar-refractivity contribution < 1.29 is 0 Å². The Balaban J connectivity index is 0.00000144. The summed E-state index contributed by atoms with van der Waals surface area (Å²) in [5, 5.41) is 7.94. The molecule has 17 heavy (non-hydrogen) atoms. The van der Waals surface area contributed by atoms with Crippen LogP contribution in [0, 0.1) is 0 Å². The molecule has 1 aliphatic heterocycles. The molecule has 7 heteroatoms. The summed E-state index contributed by atoms with van der Waals surface area (Å²) in [5.41, 5.74) is 0. The first-order valence-corrected chi connectivity index (χ1v) is 6.94. The Hall–Kier alpha value is -0.230. The minimum atomic E-state index is 0. The Morgan fingerprint density at radius 1 is 1.53 bits per heavy atom. The topological polar surface area (TPSA) is 49.8 Å². The second kappa shape index (κ2) is 7.26. The van der Waals surface area contributed by atoms with Gasteiger partial charge in [0.15, 0.2) is 5.16 Å². The van der Waals surface area contributed by atoms with Crippen LogP contribution >= 0.6 is 35.8 Å². The third-order valence-electron chi connectivity index (χ3n) is 2.51. The van der Waals surface area contributed by atoms with Crippen LogP contribution in [0.25, 0.3) is 0 Å². The molecule has 1 atom stereocenters. The van der Waals surface area contributed by atoms with Crippen molar-refractivity contribution in [3.63, 3.8) is 0 Å². The fourth-order valence-corrected chi connectivity index (χ4v) is 2.36. The Bertz CT molecular complexity index is 358. The SMILES string of the molecule is CSc1nc(Cl)cc(NC2CCCNC2)n1.Cl. The van der Waals surface area contributed by atoms with E-state index in [0.29, 0.717) is 16.4 Å². The van der Waals surface area contributed by atoms with Crippen LogP contribution < -0.4 is 10.6 Å². The highest BCUT2D eigenvalue weighted by Gasteiger charge is 2.13. The summed E-state index contributed by atoms with van der Waals surface area (Å²) >= 11 is 7.42. The number of nitrogens with one attached hydrogen (secondary N) is 2. The fraction of sp³-hybridized carbons (Fsp3) is 0.600. The Morgan fingerprint density at radius 3 is 3.00 bits per heavy atom. The summed E-state index contributed by atoms with van der Waals surface area (Å²) in [6.07, 6.45) is 4.31. The number of halogens is 2. The number of hydrogen-bond acceptors (Lipinski definition) is 5. The summed E-state index contributed by atoms with van der Waals surface area (Å²) in [7, 11) is 0. The van der Waals surface area contributed by atoms with Crippen LogP contribution in [-0.2, 0) is 0 Å². The van der Waals surface area contributed by atoms with Gasteiger partial charge in [0.05, 0.1) is 0 Å². The van der Waals surface area contributed by atoms with E-state index in [0.717, 1.165) is 18.9 Å². The van der Waals surface area contributed by atoms with Gasteiger partial charge in [-0.25, -0.2) is 9.97 Å². The highest BCUT2D eigenvalue weighted by Crippen LogP contribution is 2.18. The Kier molecular flexibility index (Phi) is 6.33. The van der Waals surface area contributed by atoms with Crippen molar-refractivity contribution >= 4 is 41.6 Å². The molecule has 1 saturated heterocycles. The van der Waals surface area contributed by atoms with Crippen LogP contribution in [0.4, 0.5) is 5.82 Å². The van der Waals surface area contributed by atoms with Gasteiger partial charge < -0.3 is 10.6 Å². The standard InChI is InChI=1S/C10H15ClN4S.ClH/c1-16-10-14-8(11)5-9(15-10)13-7-3-2-4-12-6-7;/h5,7,12H,2-4,6H2,1H3,(H,13,14,15);1H. The largest absolute Gasteiger partial charge is 0.366 e. The quantitative estimate of drug-likeness (QED) is 0.509. The average Bonchev–Trinajstić information content (AvgIpc) is 2.29. The van der Waals surface area contributed by atoms with Gasteiger partial charge in [0.1, 0.15) is 11.0 Å². The fourth-order valence-electron chi connectivity index (χ4n) is 1.75. The van der Waals surface area contributed by atoms with E-state index in [4.69, 9.17) is 11.6 Å². The maximum Gasteiger partial charge on any atom is 0.190 e. The molecular weight excluding hydrogens is 279 g/mol. The van der Waals surface area contributed by atoms with E-state index >= 15 is 0 Å². The van der Waals surface area contributed by atoms with Gasteiger partial charge in [-0.1, -0.05) is 23.4 Å². The molecule has 1 unspecified atom stereocenters. The lowest BCUT2D eigenvalue weighted by molar-refractivity contribution is 0.478. The van der Waals surface area contributed by atoms with Gasteiger partial charge in [-0.3, -0.25) is 0 Å². The average molecular weight is 295 g/mol. The lowest BCUT2D eigenvalue weighted by atomic mass is 10.1. The summed E-state index contributed by atoms with van der Waals surface area (Å²) < 4.78 is 0. The molecule has 0 aliphatic carbocycles. The van der Waals surface area contributed by atoms with E-state index in [1.807, 2.05) is 6.26 Å². The number of nitrogens with zero attached hydrogens (tertiary/aromatic N) is 2. The van der Waals surface area contributed by atoms with Crippen LogP contribution in [0.3, 0.4) is 0 Å². The highest BCUT2D eigenvalue weighted by molar-refractivity contribution is 7.98. The zero-order valence-electron chi connectivity index (χ0n) is 9.57. The predicted octanol–water partition coefficient (Wildman–Crippen LogP) is 2.44. The monoisotopic (exact) mass is 294 g/mol. The van der Waals surface area contributed by atoms with E-state index in [-0.39, 0.29) is 12.4 Å². The molecular formula is C10H16Cl2N4S. The molecule has 0 radical (unpaired) electrons. The zero-order chi connectivity index (χ0) is 11.4. The van der Waals surface area contributed by atoms with Crippen LogP contribution in [0.1, 0.15) is 12.8 Å². The lowest BCUT2D eigenvalue weighted by Gasteiger charge is -2.24. The lowest BCUT2D eigenvalue weighted by Crippen LogP contribution is -2.38. The van der Waals surface area contributed by atoms with E-state index in [2.05, 4.69) is 20.6 Å². The maximum atomic E-state index is 5.93. The van der Waals surface area contributed by atoms with Crippen LogP contribution in [-0.4, -0.2) is 35.4 Å². The second-order valence-corrected chi connectivity index (χ2v) is 4.91. The maximum absolute atomic E-state index is 5.93. The van der Waals surface area contributed by atoms with Gasteiger partial charge in [-0.05, 0) is 25.6 Å². The summed E-state index contributed by atoms with van der Waals surface area (Å²) in [6, 6.07) is 2.21. The van der Waals surface area contributed by atoms with Crippen molar-refractivity contribution in [2.75, 3.05) is 24.7 Å². The Labute approximate surface area is 117 Å². The summed E-state index contributed by atoms with van der Waals surface area (Å²) in [6.45, 7) is 2.09. The predicted molar refractivity (Wildman–Crippen MR) is 75.6 cm³/mol. The number of rotatable bonds is 3. The first kappa shape index (κ1) is 14.8. The van der Waals surface area contributed by atoms with Gasteiger partial charge in [0.25, 0.3) is 0 Å². The normalized spacial score (nSPS) is 19.5. The van der Waals surface area contributed by atoms with Crippen LogP contribution in [0.5, 0.6) is 0 Å². The van der Waals surface area contributed by atoms with Crippen LogP contribution in [0.15, 0.2) is 11.2 Å². The third-order valence-corrected chi connectivity index (χ3v) is 3.25. The van der Waals surface area contributed by atoms with E-state index in [1.165, 1.54) is 24.6 Å².